The summed E-state index contributed by atoms with van der Waals surface area (Å²) in [5.74, 6) is 0.401. The predicted octanol–water partition coefficient (Wildman–Crippen LogP) is 2.64. The third-order valence-corrected chi connectivity index (χ3v) is 5.51. The Kier molecular flexibility index (Phi) is 5.90. The molecule has 132 valence electrons. The van der Waals surface area contributed by atoms with Crippen molar-refractivity contribution in [2.45, 2.75) is 51.6 Å². The molecule has 2 fully saturated rings. The number of carbonyl (C=O) groups is 1. The maximum atomic E-state index is 12.6. The first-order valence-electron chi connectivity index (χ1n) is 9.45. The number of hydrogen-bond acceptors (Lipinski definition) is 3. The lowest BCUT2D eigenvalue weighted by molar-refractivity contribution is -0.126. The molecule has 0 aliphatic carbocycles. The van der Waals surface area contributed by atoms with Gasteiger partial charge in [0.2, 0.25) is 5.91 Å². The summed E-state index contributed by atoms with van der Waals surface area (Å²) in [6, 6.07) is 9.54. The Balaban J connectivity index is 1.63. The normalized spacial score (nSPS) is 26.2. The molecular formula is C20H31N3O. The van der Waals surface area contributed by atoms with Crippen molar-refractivity contribution < 1.29 is 4.79 Å². The first kappa shape index (κ1) is 17.4. The summed E-state index contributed by atoms with van der Waals surface area (Å²) in [7, 11) is 0. The summed E-state index contributed by atoms with van der Waals surface area (Å²) in [5.41, 5.74) is 2.60. The third kappa shape index (κ3) is 4.37. The number of nitrogens with zero attached hydrogens (tertiary/aromatic N) is 1. The van der Waals surface area contributed by atoms with Crippen LogP contribution in [-0.2, 0) is 4.79 Å². The van der Waals surface area contributed by atoms with Gasteiger partial charge in [-0.3, -0.25) is 9.69 Å². The summed E-state index contributed by atoms with van der Waals surface area (Å²) in [6.45, 7) is 8.23. The van der Waals surface area contributed by atoms with Crippen molar-refractivity contribution in [1.82, 2.24) is 15.5 Å². The van der Waals surface area contributed by atoms with Crippen molar-refractivity contribution in [2.75, 3.05) is 26.2 Å². The van der Waals surface area contributed by atoms with E-state index in [-0.39, 0.29) is 11.8 Å². The van der Waals surface area contributed by atoms with Gasteiger partial charge in [0, 0.05) is 18.5 Å². The molecule has 0 bridgehead atoms. The van der Waals surface area contributed by atoms with Crippen LogP contribution in [-0.4, -0.2) is 43.0 Å². The Morgan fingerprint density at radius 3 is 2.67 bits per heavy atom. The summed E-state index contributed by atoms with van der Waals surface area (Å²) in [5, 5.41) is 6.67. The number of rotatable bonds is 5. The molecule has 4 nitrogen and oxygen atoms in total. The Morgan fingerprint density at radius 1 is 1.29 bits per heavy atom. The van der Waals surface area contributed by atoms with E-state index >= 15 is 0 Å². The summed E-state index contributed by atoms with van der Waals surface area (Å²) >= 11 is 0. The maximum absolute atomic E-state index is 12.6. The Morgan fingerprint density at radius 2 is 2.00 bits per heavy atom. The average Bonchev–Trinajstić information content (AvgIpc) is 3.11. The van der Waals surface area contributed by atoms with Gasteiger partial charge >= 0.3 is 0 Å². The monoisotopic (exact) mass is 329 g/mol. The summed E-state index contributed by atoms with van der Waals surface area (Å²) in [4.78, 5) is 15.1. The van der Waals surface area contributed by atoms with Crippen molar-refractivity contribution in [3.8, 4) is 0 Å². The van der Waals surface area contributed by atoms with Crippen molar-refractivity contribution >= 4 is 5.91 Å². The first-order chi connectivity index (χ1) is 11.6. The maximum Gasteiger partial charge on any atom is 0.223 e. The molecule has 3 atom stereocenters. The molecular weight excluding hydrogens is 298 g/mol. The zero-order chi connectivity index (χ0) is 16.9. The minimum absolute atomic E-state index is 0.165. The number of piperidine rings is 1. The Bertz CT molecular complexity index is 536. The second-order valence-electron chi connectivity index (χ2n) is 7.49. The van der Waals surface area contributed by atoms with E-state index in [1.807, 2.05) is 0 Å². The fourth-order valence-electron chi connectivity index (χ4n) is 4.01. The molecule has 1 aromatic carbocycles. The zero-order valence-corrected chi connectivity index (χ0v) is 15.1. The SMILES string of the molecule is Cc1ccc(C(CNC(=O)[C@H]2CCN[C@@H](C)C2)N2CCCC2)cc1. The van der Waals surface area contributed by atoms with Gasteiger partial charge in [0.15, 0.2) is 0 Å². The van der Waals surface area contributed by atoms with Gasteiger partial charge in [0.25, 0.3) is 0 Å². The van der Waals surface area contributed by atoms with Crippen molar-refractivity contribution in [2.24, 2.45) is 5.92 Å². The van der Waals surface area contributed by atoms with Crippen LogP contribution in [0, 0.1) is 12.8 Å². The standard InChI is InChI=1S/C20H31N3O/c1-15-5-7-17(8-6-15)19(23-11-3-4-12-23)14-22-20(24)18-9-10-21-16(2)13-18/h5-8,16,18-19,21H,3-4,9-14H2,1-2H3,(H,22,24)/t16-,18-,19?/m0/s1. The van der Waals surface area contributed by atoms with Crippen molar-refractivity contribution in [3.05, 3.63) is 35.4 Å². The number of benzene rings is 1. The molecule has 2 aliphatic rings. The minimum atomic E-state index is 0.165. The van der Waals surface area contributed by atoms with Crippen LogP contribution in [0.15, 0.2) is 24.3 Å². The molecule has 2 saturated heterocycles. The number of aryl methyl sites for hydroxylation is 1. The van der Waals surface area contributed by atoms with Crippen LogP contribution in [0.4, 0.5) is 0 Å². The minimum Gasteiger partial charge on any atom is -0.354 e. The van der Waals surface area contributed by atoms with Gasteiger partial charge in [-0.05, 0) is 64.7 Å². The highest BCUT2D eigenvalue weighted by Gasteiger charge is 2.27. The molecule has 2 heterocycles. The van der Waals surface area contributed by atoms with Gasteiger partial charge in [0.1, 0.15) is 0 Å². The van der Waals surface area contributed by atoms with Crippen molar-refractivity contribution in [1.29, 1.82) is 0 Å². The van der Waals surface area contributed by atoms with Crippen LogP contribution in [0.25, 0.3) is 0 Å². The molecule has 4 heteroatoms. The quantitative estimate of drug-likeness (QED) is 0.873. The zero-order valence-electron chi connectivity index (χ0n) is 15.1. The molecule has 1 unspecified atom stereocenters. The van der Waals surface area contributed by atoms with Gasteiger partial charge < -0.3 is 10.6 Å². The molecule has 3 rings (SSSR count). The van der Waals surface area contributed by atoms with E-state index in [1.165, 1.54) is 24.0 Å². The van der Waals surface area contributed by atoms with Crippen LogP contribution in [0.1, 0.15) is 49.8 Å². The highest BCUT2D eigenvalue weighted by molar-refractivity contribution is 5.78. The number of likely N-dealkylation sites (tertiary alicyclic amines) is 1. The fourth-order valence-corrected chi connectivity index (χ4v) is 4.01. The largest absolute Gasteiger partial charge is 0.354 e. The number of nitrogens with one attached hydrogen (secondary N) is 2. The topological polar surface area (TPSA) is 44.4 Å². The van der Waals surface area contributed by atoms with E-state index in [2.05, 4.69) is 53.6 Å². The molecule has 1 aromatic rings. The van der Waals surface area contributed by atoms with Crippen LogP contribution >= 0.6 is 0 Å². The van der Waals surface area contributed by atoms with Crippen LogP contribution in [0.3, 0.4) is 0 Å². The number of hydrogen-bond donors (Lipinski definition) is 2. The molecule has 0 spiro atoms. The van der Waals surface area contributed by atoms with E-state index in [9.17, 15) is 4.79 Å². The van der Waals surface area contributed by atoms with E-state index in [0.717, 1.165) is 39.0 Å². The average molecular weight is 329 g/mol. The van der Waals surface area contributed by atoms with E-state index in [0.29, 0.717) is 12.1 Å². The van der Waals surface area contributed by atoms with Gasteiger partial charge in [-0.1, -0.05) is 29.8 Å². The van der Waals surface area contributed by atoms with E-state index in [1.54, 1.807) is 0 Å². The molecule has 24 heavy (non-hydrogen) atoms. The lowest BCUT2D eigenvalue weighted by atomic mass is 9.92. The lowest BCUT2D eigenvalue weighted by Crippen LogP contribution is -2.44. The highest BCUT2D eigenvalue weighted by Crippen LogP contribution is 2.25. The Hall–Kier alpha value is -1.39. The van der Waals surface area contributed by atoms with E-state index < -0.39 is 0 Å². The molecule has 1 amide bonds. The van der Waals surface area contributed by atoms with E-state index in [4.69, 9.17) is 0 Å². The van der Waals surface area contributed by atoms with Gasteiger partial charge in [-0.15, -0.1) is 0 Å². The van der Waals surface area contributed by atoms with Gasteiger partial charge in [-0.2, -0.15) is 0 Å². The van der Waals surface area contributed by atoms with Crippen LogP contribution in [0.2, 0.25) is 0 Å². The number of carbonyl (C=O) groups excluding carboxylic acids is 1. The molecule has 2 N–H and O–H groups in total. The third-order valence-electron chi connectivity index (χ3n) is 5.51. The van der Waals surface area contributed by atoms with Gasteiger partial charge in [-0.25, -0.2) is 0 Å². The summed E-state index contributed by atoms with van der Waals surface area (Å²) in [6.07, 6.45) is 4.43. The van der Waals surface area contributed by atoms with Crippen LogP contribution < -0.4 is 10.6 Å². The van der Waals surface area contributed by atoms with Crippen molar-refractivity contribution in [3.63, 3.8) is 0 Å². The molecule has 2 aliphatic heterocycles. The van der Waals surface area contributed by atoms with Crippen LogP contribution in [0.5, 0.6) is 0 Å². The number of amides is 1. The molecule has 0 aromatic heterocycles. The Labute approximate surface area is 146 Å². The molecule has 0 radical (unpaired) electrons. The predicted molar refractivity (Wildman–Crippen MR) is 97.9 cm³/mol. The fraction of sp³-hybridized carbons (Fsp3) is 0.650. The second kappa shape index (κ2) is 8.13. The first-order valence-corrected chi connectivity index (χ1v) is 9.45. The lowest BCUT2D eigenvalue weighted by Gasteiger charge is -2.31. The van der Waals surface area contributed by atoms with Gasteiger partial charge in [0.05, 0.1) is 6.04 Å². The summed E-state index contributed by atoms with van der Waals surface area (Å²) < 4.78 is 0. The highest BCUT2D eigenvalue weighted by atomic mass is 16.1. The smallest absolute Gasteiger partial charge is 0.223 e. The molecule has 0 saturated carbocycles. The second-order valence-corrected chi connectivity index (χ2v) is 7.49.